The maximum absolute atomic E-state index is 13.5. The topological polar surface area (TPSA) is 42.4 Å². The third kappa shape index (κ3) is 4.12. The van der Waals surface area contributed by atoms with E-state index in [1.807, 2.05) is 54.7 Å². The number of carbonyl (C=O) groups is 1. The molecule has 3 aliphatic rings. The third-order valence-electron chi connectivity index (χ3n) is 7.97. The minimum atomic E-state index is -0.334. The molecule has 4 heteroatoms. The number of benzene rings is 3. The second kappa shape index (κ2) is 9.27. The van der Waals surface area contributed by atoms with Crippen molar-refractivity contribution in [2.24, 2.45) is 11.8 Å². The molecule has 3 saturated heterocycles. The summed E-state index contributed by atoms with van der Waals surface area (Å²) in [6.45, 7) is 6.10. The zero-order valence-electron chi connectivity index (χ0n) is 19.8. The number of piperidine rings is 3. The van der Waals surface area contributed by atoms with Crippen LogP contribution in [0.15, 0.2) is 91.6 Å². The van der Waals surface area contributed by atoms with Gasteiger partial charge in [0.15, 0.2) is 0 Å². The molecule has 4 aromatic rings. The smallest absolute Gasteiger partial charge is 0.310 e. The number of ether oxygens (including phenoxy) is 1. The zero-order valence-corrected chi connectivity index (χ0v) is 19.8. The highest BCUT2D eigenvalue weighted by atomic mass is 16.5. The van der Waals surface area contributed by atoms with Gasteiger partial charge in [0, 0.05) is 23.7 Å². The van der Waals surface area contributed by atoms with Crippen molar-refractivity contribution in [3.63, 3.8) is 0 Å². The lowest BCUT2D eigenvalue weighted by atomic mass is 9.73. The summed E-state index contributed by atoms with van der Waals surface area (Å²) in [5.74, 6) is 0.922. The number of fused-ring (bicyclic) bond motifs is 5. The standard InChI is InChI=1S/C31H30N2O2/c1-2-21-20-33-17-15-23(21)18-29(33)31(27-14-16-32-28-13-6-5-12-26(27)28)35-30(34)19-24-10-7-9-22-8-3-4-11-25(22)24/h2-14,16,21,23,29,31H,1,15,17-20H2. The minimum absolute atomic E-state index is 0.159. The molecule has 0 spiro atoms. The van der Waals surface area contributed by atoms with E-state index in [1.165, 1.54) is 6.42 Å². The largest absolute Gasteiger partial charge is 0.456 e. The molecule has 0 saturated carbocycles. The average molecular weight is 463 g/mol. The van der Waals surface area contributed by atoms with Gasteiger partial charge in [-0.05, 0) is 59.7 Å². The molecule has 0 radical (unpaired) electrons. The van der Waals surface area contributed by atoms with E-state index in [-0.39, 0.29) is 24.5 Å². The normalized spacial score (nSPS) is 24.3. The van der Waals surface area contributed by atoms with Gasteiger partial charge >= 0.3 is 5.97 Å². The predicted octanol–water partition coefficient (Wildman–Crippen LogP) is 6.11. The number of rotatable bonds is 6. The van der Waals surface area contributed by atoms with Gasteiger partial charge < -0.3 is 4.74 Å². The minimum Gasteiger partial charge on any atom is -0.456 e. The molecule has 176 valence electrons. The Morgan fingerprint density at radius 3 is 2.69 bits per heavy atom. The second-order valence-electron chi connectivity index (χ2n) is 9.89. The van der Waals surface area contributed by atoms with Gasteiger partial charge in [-0.2, -0.15) is 0 Å². The summed E-state index contributed by atoms with van der Waals surface area (Å²) in [6, 6.07) is 24.7. The molecule has 5 unspecified atom stereocenters. The fourth-order valence-electron chi connectivity index (χ4n) is 6.19. The van der Waals surface area contributed by atoms with Crippen LogP contribution in [0.1, 0.15) is 30.1 Å². The molecule has 2 bridgehead atoms. The monoisotopic (exact) mass is 462 g/mol. The second-order valence-corrected chi connectivity index (χ2v) is 9.89. The predicted molar refractivity (Wildman–Crippen MR) is 140 cm³/mol. The summed E-state index contributed by atoms with van der Waals surface area (Å²) in [4.78, 5) is 20.5. The number of aromatic nitrogens is 1. The Morgan fingerprint density at radius 2 is 1.86 bits per heavy atom. The Labute approximate surface area is 206 Å². The molecular weight excluding hydrogens is 432 g/mol. The average Bonchev–Trinajstić information content (AvgIpc) is 2.92. The van der Waals surface area contributed by atoms with Gasteiger partial charge in [0.2, 0.25) is 0 Å². The molecule has 3 aromatic carbocycles. The Hall–Kier alpha value is -3.50. The van der Waals surface area contributed by atoms with Crippen LogP contribution in [-0.4, -0.2) is 35.0 Å². The fraction of sp³-hybridized carbons (Fsp3) is 0.290. The first-order valence-electron chi connectivity index (χ1n) is 12.6. The van der Waals surface area contributed by atoms with Crippen LogP contribution in [0.4, 0.5) is 0 Å². The van der Waals surface area contributed by atoms with Gasteiger partial charge in [0.25, 0.3) is 0 Å². The number of carbonyl (C=O) groups excluding carboxylic acids is 1. The number of esters is 1. The van der Waals surface area contributed by atoms with Crippen molar-refractivity contribution in [1.82, 2.24) is 9.88 Å². The molecule has 0 amide bonds. The van der Waals surface area contributed by atoms with Crippen LogP contribution in [0.25, 0.3) is 21.7 Å². The Bertz CT molecular complexity index is 1390. The summed E-state index contributed by atoms with van der Waals surface area (Å²) in [6.07, 6.45) is 6.06. The van der Waals surface area contributed by atoms with Crippen LogP contribution in [0.3, 0.4) is 0 Å². The van der Waals surface area contributed by atoms with Crippen molar-refractivity contribution >= 4 is 27.6 Å². The van der Waals surface area contributed by atoms with E-state index in [1.54, 1.807) is 0 Å². The quantitative estimate of drug-likeness (QED) is 0.256. The number of hydrogen-bond acceptors (Lipinski definition) is 4. The van der Waals surface area contributed by atoms with Crippen LogP contribution in [0, 0.1) is 11.8 Å². The van der Waals surface area contributed by atoms with E-state index in [4.69, 9.17) is 4.74 Å². The van der Waals surface area contributed by atoms with Gasteiger partial charge in [0.05, 0.1) is 18.0 Å². The van der Waals surface area contributed by atoms with E-state index in [0.29, 0.717) is 11.8 Å². The molecule has 0 N–H and O–H groups in total. The first kappa shape index (κ1) is 22.0. The summed E-state index contributed by atoms with van der Waals surface area (Å²) < 4.78 is 6.42. The zero-order chi connectivity index (χ0) is 23.8. The lowest BCUT2D eigenvalue weighted by molar-refractivity contribution is -0.156. The highest BCUT2D eigenvalue weighted by molar-refractivity contribution is 5.89. The summed E-state index contributed by atoms with van der Waals surface area (Å²) in [7, 11) is 0. The number of nitrogens with zero attached hydrogens (tertiary/aromatic N) is 2. The van der Waals surface area contributed by atoms with Gasteiger partial charge in [-0.1, -0.05) is 66.7 Å². The van der Waals surface area contributed by atoms with Crippen molar-refractivity contribution in [3.05, 3.63) is 103 Å². The summed E-state index contributed by atoms with van der Waals surface area (Å²) in [5.41, 5.74) is 2.98. The van der Waals surface area contributed by atoms with Crippen LogP contribution in [-0.2, 0) is 16.0 Å². The number of para-hydroxylation sites is 1. The summed E-state index contributed by atoms with van der Waals surface area (Å²) in [5, 5.41) is 3.30. The molecule has 1 aromatic heterocycles. The molecule has 3 fully saturated rings. The highest BCUT2D eigenvalue weighted by Gasteiger charge is 2.44. The van der Waals surface area contributed by atoms with Crippen molar-refractivity contribution in [3.8, 4) is 0 Å². The van der Waals surface area contributed by atoms with E-state index in [9.17, 15) is 4.79 Å². The van der Waals surface area contributed by atoms with Crippen LogP contribution >= 0.6 is 0 Å². The molecule has 0 aliphatic carbocycles. The van der Waals surface area contributed by atoms with Crippen molar-refractivity contribution < 1.29 is 9.53 Å². The van der Waals surface area contributed by atoms with Crippen LogP contribution < -0.4 is 0 Å². The van der Waals surface area contributed by atoms with E-state index in [0.717, 1.165) is 52.3 Å². The maximum atomic E-state index is 13.5. The lowest BCUT2D eigenvalue weighted by Crippen LogP contribution is -2.55. The molecule has 7 rings (SSSR count). The number of pyridine rings is 1. The molecule has 4 heterocycles. The molecule has 35 heavy (non-hydrogen) atoms. The van der Waals surface area contributed by atoms with Crippen molar-refractivity contribution in [2.75, 3.05) is 13.1 Å². The molecule has 5 atom stereocenters. The number of hydrogen-bond donors (Lipinski definition) is 0. The lowest BCUT2D eigenvalue weighted by Gasteiger charge is -2.51. The van der Waals surface area contributed by atoms with Crippen LogP contribution in [0.5, 0.6) is 0 Å². The molecule has 4 nitrogen and oxygen atoms in total. The van der Waals surface area contributed by atoms with Crippen LogP contribution in [0.2, 0.25) is 0 Å². The van der Waals surface area contributed by atoms with Gasteiger partial charge in [-0.25, -0.2) is 0 Å². The maximum Gasteiger partial charge on any atom is 0.310 e. The molecule has 3 aliphatic heterocycles. The Balaban J connectivity index is 1.35. The first-order chi connectivity index (χ1) is 17.2. The van der Waals surface area contributed by atoms with E-state index in [2.05, 4.69) is 46.8 Å². The van der Waals surface area contributed by atoms with E-state index >= 15 is 0 Å². The summed E-state index contributed by atoms with van der Waals surface area (Å²) >= 11 is 0. The fourth-order valence-corrected chi connectivity index (χ4v) is 6.19. The van der Waals surface area contributed by atoms with Crippen molar-refractivity contribution in [2.45, 2.75) is 31.4 Å². The van der Waals surface area contributed by atoms with E-state index < -0.39 is 0 Å². The highest BCUT2D eigenvalue weighted by Crippen LogP contribution is 2.43. The third-order valence-corrected chi connectivity index (χ3v) is 7.97. The van der Waals surface area contributed by atoms with Gasteiger partial charge in [-0.15, -0.1) is 6.58 Å². The molecular formula is C31H30N2O2. The Morgan fingerprint density at radius 1 is 1.06 bits per heavy atom. The van der Waals surface area contributed by atoms with Gasteiger partial charge in [-0.3, -0.25) is 14.7 Å². The van der Waals surface area contributed by atoms with Crippen molar-refractivity contribution in [1.29, 1.82) is 0 Å². The first-order valence-corrected chi connectivity index (χ1v) is 12.6. The SMILES string of the molecule is C=CC1CN2CCC1CC2C(OC(=O)Cc1cccc2ccccc12)c1ccnc2ccccc12. The Kier molecular flexibility index (Phi) is 5.83. The van der Waals surface area contributed by atoms with Gasteiger partial charge in [0.1, 0.15) is 6.10 Å².